The lowest BCUT2D eigenvalue weighted by atomic mass is 9.84. The number of morpholine rings is 1. The third kappa shape index (κ3) is 4.29. The average Bonchev–Trinajstić information content (AvgIpc) is 3.24. The largest absolute Gasteiger partial charge is 0.415 e. The fourth-order valence-electron chi connectivity index (χ4n) is 4.38. The highest BCUT2D eigenvalue weighted by Crippen LogP contribution is 2.31. The smallest absolute Gasteiger partial charge is 0.262 e. The second-order valence-electron chi connectivity index (χ2n) is 7.91. The number of anilines is 1. The Balaban J connectivity index is 1.18. The quantitative estimate of drug-likeness (QED) is 0.806. The minimum Gasteiger partial charge on any atom is -0.415 e. The monoisotopic (exact) mass is 414 g/mol. The van der Waals surface area contributed by atoms with Crippen molar-refractivity contribution >= 4 is 23.6 Å². The molecule has 6 rings (SSSR count). The zero-order chi connectivity index (χ0) is 19.6. The van der Waals surface area contributed by atoms with E-state index in [1.807, 2.05) is 24.3 Å². The van der Waals surface area contributed by atoms with E-state index in [1.165, 1.54) is 37.7 Å². The number of carbonyl (C=O) groups excluding carboxylic acids is 1. The molecule has 4 saturated heterocycles. The molecule has 0 saturated carbocycles. The molecule has 4 aliphatic heterocycles. The van der Waals surface area contributed by atoms with Crippen LogP contribution in [-0.4, -0.2) is 67.8 Å². The van der Waals surface area contributed by atoms with Gasteiger partial charge in [0.25, 0.3) is 11.1 Å². The van der Waals surface area contributed by atoms with Crippen molar-refractivity contribution in [1.82, 2.24) is 15.2 Å². The summed E-state index contributed by atoms with van der Waals surface area (Å²) in [4.78, 5) is 22.6. The fourth-order valence-corrected chi connectivity index (χ4v) is 5.09. The first-order chi connectivity index (χ1) is 14.2. The van der Waals surface area contributed by atoms with Gasteiger partial charge < -0.3 is 24.3 Å². The molecule has 1 atom stereocenters. The Morgan fingerprint density at radius 3 is 2.55 bits per heavy atom. The number of carbonyl (C=O) groups is 1. The number of ether oxygens (including phenoxy) is 1. The zero-order valence-electron chi connectivity index (χ0n) is 16.4. The van der Waals surface area contributed by atoms with Crippen LogP contribution in [0.15, 0.2) is 45.0 Å². The number of benzene rings is 1. The highest BCUT2D eigenvalue weighted by Gasteiger charge is 2.34. The molecule has 4 fully saturated rings. The van der Waals surface area contributed by atoms with Gasteiger partial charge in [0.15, 0.2) is 0 Å². The van der Waals surface area contributed by atoms with Crippen LogP contribution in [0.3, 0.4) is 0 Å². The number of rotatable bonds is 5. The zero-order valence-corrected chi connectivity index (χ0v) is 17.2. The third-order valence-corrected chi connectivity index (χ3v) is 6.96. The Morgan fingerprint density at radius 2 is 1.86 bits per heavy atom. The first kappa shape index (κ1) is 19.0. The van der Waals surface area contributed by atoms with E-state index >= 15 is 0 Å². The van der Waals surface area contributed by atoms with Crippen LogP contribution in [0, 0.1) is 5.92 Å². The number of oxazole rings is 1. The van der Waals surface area contributed by atoms with Gasteiger partial charge >= 0.3 is 0 Å². The summed E-state index contributed by atoms with van der Waals surface area (Å²) in [7, 11) is 0. The molecule has 1 aromatic carbocycles. The van der Waals surface area contributed by atoms with Crippen LogP contribution in [-0.2, 0) is 4.74 Å². The van der Waals surface area contributed by atoms with E-state index in [2.05, 4.69) is 20.1 Å². The number of fused-ring (bicyclic) bond motifs is 3. The van der Waals surface area contributed by atoms with E-state index in [0.717, 1.165) is 30.4 Å². The molecule has 2 aromatic rings. The molecule has 2 bridgehead atoms. The van der Waals surface area contributed by atoms with Gasteiger partial charge in [0, 0.05) is 36.1 Å². The Hall–Kier alpha value is -2.03. The summed E-state index contributed by atoms with van der Waals surface area (Å²) >= 11 is 1.46. The first-order valence-electron chi connectivity index (χ1n) is 10.3. The van der Waals surface area contributed by atoms with E-state index < -0.39 is 0 Å². The van der Waals surface area contributed by atoms with Crippen LogP contribution >= 0.6 is 11.8 Å². The minimum absolute atomic E-state index is 0.0195. The normalized spacial score (nSPS) is 26.5. The Bertz CT molecular complexity index is 842. The lowest BCUT2D eigenvalue weighted by Crippen LogP contribution is -2.57. The molecule has 0 aliphatic carbocycles. The van der Waals surface area contributed by atoms with Crippen molar-refractivity contribution < 1.29 is 13.9 Å². The average molecular weight is 415 g/mol. The van der Waals surface area contributed by atoms with Gasteiger partial charge in [-0.05, 0) is 67.9 Å². The predicted molar refractivity (Wildman–Crippen MR) is 111 cm³/mol. The summed E-state index contributed by atoms with van der Waals surface area (Å²) in [6, 6.07) is 7.95. The predicted octanol–water partition coefficient (Wildman–Crippen LogP) is 2.49. The molecule has 154 valence electrons. The molecule has 29 heavy (non-hydrogen) atoms. The van der Waals surface area contributed by atoms with Crippen LogP contribution in [0.1, 0.15) is 23.2 Å². The summed E-state index contributed by atoms with van der Waals surface area (Å²) < 4.78 is 11.2. The SMILES string of the molecule is O=C(N[C@H]1CN2CCC1CC2)c1ccc(Sc2ncc(N3CCOCC3)o2)cc1. The first-order valence-corrected chi connectivity index (χ1v) is 11.2. The van der Waals surface area contributed by atoms with Crippen LogP contribution in [0.25, 0.3) is 0 Å². The number of piperidine rings is 3. The molecule has 1 N–H and O–H groups in total. The van der Waals surface area contributed by atoms with Crippen molar-refractivity contribution in [2.24, 2.45) is 5.92 Å². The summed E-state index contributed by atoms with van der Waals surface area (Å²) in [6.07, 6.45) is 4.16. The molecule has 0 unspecified atom stereocenters. The molecule has 0 spiro atoms. The molecule has 8 heteroatoms. The van der Waals surface area contributed by atoms with Crippen molar-refractivity contribution in [3.8, 4) is 0 Å². The standard InChI is InChI=1S/C21H26N4O3S/c26-20(23-18-14-24-7-5-15(18)6-8-24)16-1-3-17(4-2-16)29-21-22-13-19(28-21)25-9-11-27-12-10-25/h1-4,13,15,18H,5-12,14H2,(H,23,26)/t18-/m0/s1. The molecular weight excluding hydrogens is 388 g/mol. The van der Waals surface area contributed by atoms with Crippen LogP contribution in [0.4, 0.5) is 5.88 Å². The molecule has 4 aliphatic rings. The maximum Gasteiger partial charge on any atom is 0.262 e. The van der Waals surface area contributed by atoms with E-state index in [0.29, 0.717) is 29.9 Å². The van der Waals surface area contributed by atoms with Gasteiger partial charge in [0.2, 0.25) is 5.88 Å². The Labute approximate surface area is 174 Å². The van der Waals surface area contributed by atoms with Gasteiger partial charge in [0.05, 0.1) is 19.4 Å². The lowest BCUT2D eigenvalue weighted by molar-refractivity contribution is 0.0620. The number of nitrogens with one attached hydrogen (secondary N) is 1. The van der Waals surface area contributed by atoms with Gasteiger partial charge in [0.1, 0.15) is 0 Å². The molecule has 0 radical (unpaired) electrons. The summed E-state index contributed by atoms with van der Waals surface area (Å²) in [6.45, 7) is 6.41. The molecule has 1 aromatic heterocycles. The topological polar surface area (TPSA) is 70.8 Å². The second-order valence-corrected chi connectivity index (χ2v) is 8.93. The number of hydrogen-bond acceptors (Lipinski definition) is 7. The maximum atomic E-state index is 12.7. The van der Waals surface area contributed by atoms with Gasteiger partial charge in [-0.25, -0.2) is 4.98 Å². The van der Waals surface area contributed by atoms with Crippen LogP contribution in [0.5, 0.6) is 0 Å². The highest BCUT2D eigenvalue weighted by atomic mass is 32.2. The van der Waals surface area contributed by atoms with E-state index in [-0.39, 0.29) is 11.9 Å². The Kier molecular flexibility index (Phi) is 5.48. The van der Waals surface area contributed by atoms with E-state index in [1.54, 1.807) is 6.20 Å². The van der Waals surface area contributed by atoms with Crippen molar-refractivity contribution in [3.63, 3.8) is 0 Å². The van der Waals surface area contributed by atoms with Gasteiger partial charge in [-0.15, -0.1) is 0 Å². The summed E-state index contributed by atoms with van der Waals surface area (Å²) in [5.41, 5.74) is 0.701. The number of amides is 1. The number of aromatic nitrogens is 1. The lowest BCUT2D eigenvalue weighted by Gasteiger charge is -2.44. The maximum absolute atomic E-state index is 12.7. The van der Waals surface area contributed by atoms with Crippen molar-refractivity contribution in [2.75, 3.05) is 50.8 Å². The van der Waals surface area contributed by atoms with Crippen molar-refractivity contribution in [1.29, 1.82) is 0 Å². The molecule has 7 nitrogen and oxygen atoms in total. The number of nitrogens with zero attached hydrogens (tertiary/aromatic N) is 3. The minimum atomic E-state index is 0.0195. The van der Waals surface area contributed by atoms with Gasteiger partial charge in [-0.2, -0.15) is 0 Å². The number of hydrogen-bond donors (Lipinski definition) is 1. The molecule has 5 heterocycles. The van der Waals surface area contributed by atoms with Crippen molar-refractivity contribution in [3.05, 3.63) is 36.0 Å². The Morgan fingerprint density at radius 1 is 1.10 bits per heavy atom. The van der Waals surface area contributed by atoms with Crippen LogP contribution < -0.4 is 10.2 Å². The van der Waals surface area contributed by atoms with E-state index in [9.17, 15) is 4.79 Å². The van der Waals surface area contributed by atoms with Gasteiger partial charge in [-0.1, -0.05) is 0 Å². The van der Waals surface area contributed by atoms with E-state index in [4.69, 9.17) is 9.15 Å². The molecule has 1 amide bonds. The molecular formula is C21H26N4O3S. The summed E-state index contributed by atoms with van der Waals surface area (Å²) in [5.74, 6) is 1.43. The van der Waals surface area contributed by atoms with Gasteiger partial charge in [-0.3, -0.25) is 4.79 Å². The third-order valence-electron chi connectivity index (χ3n) is 6.09. The highest BCUT2D eigenvalue weighted by molar-refractivity contribution is 7.99. The summed E-state index contributed by atoms with van der Waals surface area (Å²) in [5, 5.41) is 3.85. The fraction of sp³-hybridized carbons (Fsp3) is 0.524. The van der Waals surface area contributed by atoms with Crippen molar-refractivity contribution in [2.45, 2.75) is 29.0 Å². The second kappa shape index (κ2) is 8.38. The van der Waals surface area contributed by atoms with Crippen LogP contribution in [0.2, 0.25) is 0 Å².